The van der Waals surface area contributed by atoms with Crippen LogP contribution in [0.4, 0.5) is 0 Å². The Labute approximate surface area is 101 Å². The summed E-state index contributed by atoms with van der Waals surface area (Å²) in [5.41, 5.74) is 1.23. The fourth-order valence-corrected chi connectivity index (χ4v) is 1.62. The summed E-state index contributed by atoms with van der Waals surface area (Å²) in [5, 5.41) is 0. The summed E-state index contributed by atoms with van der Waals surface area (Å²) in [7, 11) is 0. The highest BCUT2D eigenvalue weighted by Gasteiger charge is 2.15. The Kier molecular flexibility index (Phi) is 8.32. The molecule has 0 aromatic carbocycles. The van der Waals surface area contributed by atoms with Gasteiger partial charge in [-0.15, -0.1) is 6.58 Å². The van der Waals surface area contributed by atoms with Crippen LogP contribution in [0.1, 0.15) is 26.2 Å². The number of rotatable bonds is 4. The minimum Gasteiger partial charge on any atom is -0.375 e. The molecule has 1 aliphatic heterocycles. The van der Waals surface area contributed by atoms with E-state index in [9.17, 15) is 0 Å². The average Bonchev–Trinajstić information content (AvgIpc) is 2.30. The molecule has 0 radical (unpaired) electrons. The van der Waals surface area contributed by atoms with Crippen molar-refractivity contribution in [2.75, 3.05) is 13.1 Å². The van der Waals surface area contributed by atoms with Crippen molar-refractivity contribution in [3.8, 4) is 0 Å². The summed E-state index contributed by atoms with van der Waals surface area (Å²) >= 11 is 0. The van der Waals surface area contributed by atoms with Crippen LogP contribution in [0.3, 0.4) is 0 Å². The number of likely N-dealkylation sites (tertiary alicyclic amines) is 1. The molecule has 1 saturated heterocycles. The van der Waals surface area contributed by atoms with Crippen LogP contribution in [-0.4, -0.2) is 18.0 Å². The molecule has 0 spiro atoms. The molecule has 0 aromatic heterocycles. The van der Waals surface area contributed by atoms with Crippen molar-refractivity contribution in [2.45, 2.75) is 26.2 Å². The third kappa shape index (κ3) is 6.28. The van der Waals surface area contributed by atoms with Gasteiger partial charge in [0.15, 0.2) is 0 Å². The molecule has 0 N–H and O–H groups in total. The lowest BCUT2D eigenvalue weighted by atomic mass is 9.99. The maximum atomic E-state index is 4.05. The van der Waals surface area contributed by atoms with Crippen LogP contribution < -0.4 is 0 Å². The van der Waals surface area contributed by atoms with Gasteiger partial charge >= 0.3 is 0 Å². The molecule has 1 heteroatoms. The molecule has 1 nitrogen and oxygen atoms in total. The Hall–Kier alpha value is -1.24. The molecule has 1 heterocycles. The highest BCUT2D eigenvalue weighted by Crippen LogP contribution is 2.20. The first-order chi connectivity index (χ1) is 7.65. The van der Waals surface area contributed by atoms with E-state index in [-0.39, 0.29) is 0 Å². The smallest absolute Gasteiger partial charge is 0.0177 e. The molecule has 1 fully saturated rings. The minimum atomic E-state index is 0.901. The summed E-state index contributed by atoms with van der Waals surface area (Å²) < 4.78 is 0. The molecule has 90 valence electrons. The maximum absolute atomic E-state index is 4.05. The lowest BCUT2D eigenvalue weighted by Gasteiger charge is -2.33. The van der Waals surface area contributed by atoms with Crippen molar-refractivity contribution in [3.05, 3.63) is 50.2 Å². The molecule has 0 aliphatic carbocycles. The third-order valence-electron chi connectivity index (χ3n) is 2.78. The standard InChI is InChI=1S/C11H19N.C4H6/c1-4-5-11(3)12-8-6-10(2)7-9-12;1-3-4-2/h4,10H,1,3,5-9H2,2H3;3-4H,1-2H2. The molecule has 0 amide bonds. The van der Waals surface area contributed by atoms with E-state index in [1.807, 2.05) is 6.08 Å². The van der Waals surface area contributed by atoms with Crippen LogP contribution in [0, 0.1) is 5.92 Å². The van der Waals surface area contributed by atoms with Crippen molar-refractivity contribution in [1.82, 2.24) is 4.90 Å². The van der Waals surface area contributed by atoms with Crippen LogP contribution in [-0.2, 0) is 0 Å². The van der Waals surface area contributed by atoms with Crippen molar-refractivity contribution in [1.29, 1.82) is 0 Å². The molecule has 1 aliphatic rings. The lowest BCUT2D eigenvalue weighted by molar-refractivity contribution is 0.235. The predicted molar refractivity (Wildman–Crippen MR) is 74.3 cm³/mol. The van der Waals surface area contributed by atoms with Crippen molar-refractivity contribution in [2.24, 2.45) is 5.92 Å². The molecule has 0 saturated carbocycles. The minimum absolute atomic E-state index is 0.901. The Morgan fingerprint density at radius 3 is 2.06 bits per heavy atom. The fraction of sp³-hybridized carbons (Fsp3) is 0.467. The van der Waals surface area contributed by atoms with Gasteiger partial charge in [0.2, 0.25) is 0 Å². The first-order valence-electron chi connectivity index (χ1n) is 5.92. The number of allylic oxidation sites excluding steroid dienone is 3. The van der Waals surface area contributed by atoms with Crippen molar-refractivity contribution < 1.29 is 0 Å². The lowest BCUT2D eigenvalue weighted by Crippen LogP contribution is -2.31. The number of hydrogen-bond acceptors (Lipinski definition) is 1. The fourth-order valence-electron chi connectivity index (χ4n) is 1.62. The summed E-state index contributed by atoms with van der Waals surface area (Å²) in [5.74, 6) is 0.901. The zero-order chi connectivity index (χ0) is 12.4. The van der Waals surface area contributed by atoms with Gasteiger partial charge in [-0.1, -0.05) is 44.9 Å². The van der Waals surface area contributed by atoms with E-state index < -0.39 is 0 Å². The second-order valence-corrected chi connectivity index (χ2v) is 4.20. The molecule has 0 atom stereocenters. The second kappa shape index (κ2) is 9.02. The highest BCUT2D eigenvalue weighted by atomic mass is 15.1. The largest absolute Gasteiger partial charge is 0.375 e. The van der Waals surface area contributed by atoms with Crippen LogP contribution in [0.25, 0.3) is 0 Å². The third-order valence-corrected chi connectivity index (χ3v) is 2.78. The van der Waals surface area contributed by atoms with E-state index >= 15 is 0 Å². The van der Waals surface area contributed by atoms with E-state index in [1.54, 1.807) is 12.2 Å². The van der Waals surface area contributed by atoms with Gasteiger partial charge in [-0.2, -0.15) is 0 Å². The molecule has 16 heavy (non-hydrogen) atoms. The Morgan fingerprint density at radius 1 is 1.19 bits per heavy atom. The predicted octanol–water partition coefficient (Wildman–Crippen LogP) is 4.17. The molecule has 0 bridgehead atoms. The molecular formula is C15H25N. The topological polar surface area (TPSA) is 3.24 Å². The molecule has 0 aromatic rings. The normalized spacial score (nSPS) is 15.7. The first kappa shape index (κ1) is 14.8. The molecule has 0 unspecified atom stereocenters. The van der Waals surface area contributed by atoms with Gasteiger partial charge in [-0.25, -0.2) is 0 Å². The Balaban J connectivity index is 0.000000487. The van der Waals surface area contributed by atoms with Gasteiger partial charge in [-0.05, 0) is 18.8 Å². The summed E-state index contributed by atoms with van der Waals surface area (Å²) in [6.45, 7) is 19.2. The van der Waals surface area contributed by atoms with Crippen LogP contribution in [0.2, 0.25) is 0 Å². The van der Waals surface area contributed by atoms with E-state index in [1.165, 1.54) is 31.6 Å². The van der Waals surface area contributed by atoms with Gasteiger partial charge in [-0.3, -0.25) is 0 Å². The first-order valence-corrected chi connectivity index (χ1v) is 5.92. The zero-order valence-corrected chi connectivity index (χ0v) is 10.6. The quantitative estimate of drug-likeness (QED) is 0.507. The van der Waals surface area contributed by atoms with Gasteiger partial charge in [0.1, 0.15) is 0 Å². The van der Waals surface area contributed by atoms with Gasteiger partial charge in [0.25, 0.3) is 0 Å². The van der Waals surface area contributed by atoms with Gasteiger partial charge in [0.05, 0.1) is 0 Å². The Bertz CT molecular complexity index is 226. The maximum Gasteiger partial charge on any atom is 0.0177 e. The number of nitrogens with zero attached hydrogens (tertiary/aromatic N) is 1. The number of piperidine rings is 1. The summed E-state index contributed by atoms with van der Waals surface area (Å²) in [4.78, 5) is 2.39. The van der Waals surface area contributed by atoms with Crippen LogP contribution in [0.15, 0.2) is 50.2 Å². The summed E-state index contributed by atoms with van der Waals surface area (Å²) in [6, 6.07) is 0. The van der Waals surface area contributed by atoms with E-state index in [0.717, 1.165) is 12.3 Å². The van der Waals surface area contributed by atoms with E-state index in [4.69, 9.17) is 0 Å². The van der Waals surface area contributed by atoms with Crippen molar-refractivity contribution >= 4 is 0 Å². The van der Waals surface area contributed by atoms with Crippen LogP contribution >= 0.6 is 0 Å². The zero-order valence-electron chi connectivity index (χ0n) is 10.6. The molecule has 1 rings (SSSR count). The molecular weight excluding hydrogens is 194 g/mol. The van der Waals surface area contributed by atoms with Gasteiger partial charge in [0, 0.05) is 25.2 Å². The van der Waals surface area contributed by atoms with E-state index in [0.29, 0.717) is 0 Å². The van der Waals surface area contributed by atoms with Crippen molar-refractivity contribution in [3.63, 3.8) is 0 Å². The van der Waals surface area contributed by atoms with Gasteiger partial charge < -0.3 is 4.90 Å². The average molecular weight is 219 g/mol. The van der Waals surface area contributed by atoms with Crippen LogP contribution in [0.5, 0.6) is 0 Å². The monoisotopic (exact) mass is 219 g/mol. The highest BCUT2D eigenvalue weighted by molar-refractivity contribution is 5.00. The number of hydrogen-bond donors (Lipinski definition) is 0. The second-order valence-electron chi connectivity index (χ2n) is 4.20. The Morgan fingerprint density at radius 2 is 1.69 bits per heavy atom. The SMILES string of the molecule is C=CC=C.C=CCC(=C)N1CCC(C)CC1. The summed E-state index contributed by atoms with van der Waals surface area (Å²) in [6.07, 6.45) is 8.78. The van der Waals surface area contributed by atoms with E-state index in [2.05, 4.69) is 38.1 Å².